The van der Waals surface area contributed by atoms with Crippen molar-refractivity contribution in [2.24, 2.45) is 5.92 Å². The van der Waals surface area contributed by atoms with Gasteiger partial charge in [-0.25, -0.2) is 0 Å². The summed E-state index contributed by atoms with van der Waals surface area (Å²) < 4.78 is 44.6. The lowest BCUT2D eigenvalue weighted by molar-refractivity contribution is -0.177. The van der Waals surface area contributed by atoms with Gasteiger partial charge in [0, 0.05) is 0 Å². The molecule has 0 aliphatic heterocycles. The molecule has 1 aliphatic carbocycles. The molecule has 0 amide bonds. The van der Waals surface area contributed by atoms with Crippen LogP contribution in [0.1, 0.15) is 24.6 Å². The van der Waals surface area contributed by atoms with Crippen LogP contribution in [0.4, 0.5) is 13.2 Å². The third-order valence-corrected chi connectivity index (χ3v) is 2.56. The predicted molar refractivity (Wildman–Crippen MR) is 52.4 cm³/mol. The van der Waals surface area contributed by atoms with Crippen LogP contribution < -0.4 is 0 Å². The molecule has 0 bridgehead atoms. The van der Waals surface area contributed by atoms with Crippen LogP contribution in [0, 0.1) is 5.92 Å². The number of aliphatic hydroxyl groups excluding tert-OH is 1. The van der Waals surface area contributed by atoms with Gasteiger partial charge in [0.1, 0.15) is 13.2 Å². The topological polar surface area (TPSA) is 68.4 Å². The molecule has 1 aromatic heterocycles. The zero-order valence-electron chi connectivity index (χ0n) is 9.48. The summed E-state index contributed by atoms with van der Waals surface area (Å²) >= 11 is 0. The lowest BCUT2D eigenvalue weighted by Crippen LogP contribution is -2.17. The van der Waals surface area contributed by atoms with E-state index >= 15 is 0 Å². The molecule has 0 aromatic carbocycles. The molecule has 1 saturated carbocycles. The van der Waals surface area contributed by atoms with E-state index in [1.807, 2.05) is 0 Å². The van der Waals surface area contributed by atoms with Gasteiger partial charge in [-0.1, -0.05) is 5.16 Å². The molecule has 1 fully saturated rings. The van der Waals surface area contributed by atoms with E-state index in [9.17, 15) is 18.3 Å². The number of alkyl halides is 3. The van der Waals surface area contributed by atoms with Gasteiger partial charge < -0.3 is 14.4 Å². The third kappa shape index (κ3) is 4.26. The summed E-state index contributed by atoms with van der Waals surface area (Å²) in [6.07, 6.45) is -2.69. The van der Waals surface area contributed by atoms with Gasteiger partial charge >= 0.3 is 6.18 Å². The molecule has 1 N–H and O–H groups in total. The summed E-state index contributed by atoms with van der Waals surface area (Å²) in [4.78, 5) is 3.85. The van der Waals surface area contributed by atoms with E-state index in [0.29, 0.717) is 0 Å². The van der Waals surface area contributed by atoms with Crippen molar-refractivity contribution in [1.29, 1.82) is 0 Å². The molecule has 102 valence electrons. The molecule has 0 spiro atoms. The predicted octanol–water partition coefficient (Wildman–Crippen LogP) is 1.46. The van der Waals surface area contributed by atoms with E-state index < -0.39 is 18.9 Å². The second-order valence-electron chi connectivity index (χ2n) is 4.32. The van der Waals surface area contributed by atoms with Crippen molar-refractivity contribution < 1.29 is 27.5 Å². The number of nitrogens with zero attached hydrogens (tertiary/aromatic N) is 2. The fourth-order valence-corrected chi connectivity index (χ4v) is 1.52. The molecule has 1 atom stereocenters. The van der Waals surface area contributed by atoms with Crippen LogP contribution >= 0.6 is 0 Å². The Morgan fingerprint density at radius 3 is 2.78 bits per heavy atom. The SMILES string of the molecule is OC(Cc1nc(COCC(F)(F)F)no1)C1CC1. The van der Waals surface area contributed by atoms with Crippen LogP contribution in [0.25, 0.3) is 0 Å². The summed E-state index contributed by atoms with van der Waals surface area (Å²) in [5.41, 5.74) is 0. The van der Waals surface area contributed by atoms with E-state index in [1.165, 1.54) is 0 Å². The standard InChI is InChI=1S/C10H13F3N2O3/c11-10(12,13)5-17-4-8-14-9(18-15-8)3-7(16)6-1-2-6/h6-7,16H,1-5H2. The summed E-state index contributed by atoms with van der Waals surface area (Å²) in [7, 11) is 0. The molecule has 0 radical (unpaired) electrons. The molecule has 5 nitrogen and oxygen atoms in total. The monoisotopic (exact) mass is 266 g/mol. The first-order valence-corrected chi connectivity index (χ1v) is 5.58. The number of aliphatic hydroxyl groups is 1. The van der Waals surface area contributed by atoms with Crippen LogP contribution in [-0.2, 0) is 17.8 Å². The first-order valence-electron chi connectivity index (χ1n) is 5.58. The third-order valence-electron chi connectivity index (χ3n) is 2.56. The summed E-state index contributed by atoms with van der Waals surface area (Å²) in [5.74, 6) is 0.555. The minimum Gasteiger partial charge on any atom is -0.392 e. The average Bonchev–Trinajstić information content (AvgIpc) is 3.01. The second kappa shape index (κ2) is 5.23. The summed E-state index contributed by atoms with van der Waals surface area (Å²) in [6, 6.07) is 0. The van der Waals surface area contributed by atoms with E-state index in [2.05, 4.69) is 14.9 Å². The highest BCUT2D eigenvalue weighted by molar-refractivity contribution is 4.91. The van der Waals surface area contributed by atoms with Crippen LogP contribution in [0.2, 0.25) is 0 Å². The Morgan fingerprint density at radius 2 is 2.17 bits per heavy atom. The summed E-state index contributed by atoms with van der Waals surface area (Å²) in [6.45, 7) is -1.70. The summed E-state index contributed by atoms with van der Waals surface area (Å²) in [5, 5.41) is 13.1. The van der Waals surface area contributed by atoms with Crippen molar-refractivity contribution in [2.75, 3.05) is 6.61 Å². The maximum atomic E-state index is 11.8. The molecule has 2 rings (SSSR count). The normalized spacial score (nSPS) is 18.0. The quantitative estimate of drug-likeness (QED) is 0.844. The Hall–Kier alpha value is -1.15. The highest BCUT2D eigenvalue weighted by Crippen LogP contribution is 2.33. The van der Waals surface area contributed by atoms with Gasteiger partial charge in [-0.3, -0.25) is 0 Å². The zero-order chi connectivity index (χ0) is 13.2. The number of aromatic nitrogens is 2. The first kappa shape index (κ1) is 13.3. The molecule has 8 heteroatoms. The number of rotatable bonds is 6. The zero-order valence-corrected chi connectivity index (χ0v) is 9.48. The van der Waals surface area contributed by atoms with Crippen molar-refractivity contribution in [3.63, 3.8) is 0 Å². The Morgan fingerprint density at radius 1 is 1.44 bits per heavy atom. The fourth-order valence-electron chi connectivity index (χ4n) is 1.52. The second-order valence-corrected chi connectivity index (χ2v) is 4.32. The van der Waals surface area contributed by atoms with Crippen molar-refractivity contribution in [2.45, 2.75) is 38.1 Å². The minimum absolute atomic E-state index is 0.0530. The van der Waals surface area contributed by atoms with Gasteiger partial charge in [0.05, 0.1) is 12.5 Å². The molecular formula is C10H13F3N2O3. The molecular weight excluding hydrogens is 253 g/mol. The lowest BCUT2D eigenvalue weighted by atomic mass is 10.2. The van der Waals surface area contributed by atoms with Crippen LogP contribution in [0.15, 0.2) is 4.52 Å². The van der Waals surface area contributed by atoms with E-state index in [0.717, 1.165) is 12.8 Å². The Bertz CT molecular complexity index is 390. The van der Waals surface area contributed by atoms with Gasteiger partial charge in [0.15, 0.2) is 5.82 Å². The Labute approximate surface area is 101 Å². The Kier molecular flexibility index (Phi) is 3.86. The maximum absolute atomic E-state index is 11.8. The van der Waals surface area contributed by atoms with Gasteiger partial charge in [-0.15, -0.1) is 0 Å². The molecule has 18 heavy (non-hydrogen) atoms. The van der Waals surface area contributed by atoms with Crippen molar-refractivity contribution in [3.05, 3.63) is 11.7 Å². The van der Waals surface area contributed by atoms with Crippen molar-refractivity contribution in [3.8, 4) is 0 Å². The van der Waals surface area contributed by atoms with E-state index in [-0.39, 0.29) is 30.7 Å². The highest BCUT2D eigenvalue weighted by atomic mass is 19.4. The molecule has 1 heterocycles. The van der Waals surface area contributed by atoms with E-state index in [4.69, 9.17) is 4.52 Å². The van der Waals surface area contributed by atoms with Crippen molar-refractivity contribution in [1.82, 2.24) is 10.1 Å². The maximum Gasteiger partial charge on any atom is 0.411 e. The smallest absolute Gasteiger partial charge is 0.392 e. The number of ether oxygens (including phenoxy) is 1. The Balaban J connectivity index is 1.75. The van der Waals surface area contributed by atoms with E-state index in [1.54, 1.807) is 0 Å². The molecule has 1 aliphatic rings. The number of hydrogen-bond donors (Lipinski definition) is 1. The average molecular weight is 266 g/mol. The van der Waals surface area contributed by atoms with Gasteiger partial charge in [0.25, 0.3) is 0 Å². The minimum atomic E-state index is -4.37. The first-order chi connectivity index (χ1) is 8.44. The number of hydrogen-bond acceptors (Lipinski definition) is 5. The molecule has 0 saturated heterocycles. The molecule has 1 aromatic rings. The largest absolute Gasteiger partial charge is 0.411 e. The van der Waals surface area contributed by atoms with Gasteiger partial charge in [-0.2, -0.15) is 18.2 Å². The lowest BCUT2D eigenvalue weighted by Gasteiger charge is -2.05. The van der Waals surface area contributed by atoms with Gasteiger partial charge in [0.2, 0.25) is 5.89 Å². The fraction of sp³-hybridized carbons (Fsp3) is 0.800. The van der Waals surface area contributed by atoms with Crippen molar-refractivity contribution >= 4 is 0 Å². The highest BCUT2D eigenvalue weighted by Gasteiger charge is 2.31. The van der Waals surface area contributed by atoms with Gasteiger partial charge in [-0.05, 0) is 18.8 Å². The van der Waals surface area contributed by atoms with Crippen LogP contribution in [-0.4, -0.2) is 34.1 Å². The molecule has 1 unspecified atom stereocenters. The van der Waals surface area contributed by atoms with Crippen LogP contribution in [0.5, 0.6) is 0 Å². The number of halogens is 3. The van der Waals surface area contributed by atoms with Crippen LogP contribution in [0.3, 0.4) is 0 Å².